The van der Waals surface area contributed by atoms with Crippen LogP contribution in [0.5, 0.6) is 5.75 Å². The number of pyridine rings is 1. The number of nitrogen functional groups attached to an aromatic ring is 1. The Balaban J connectivity index is 1.43. The highest BCUT2D eigenvalue weighted by molar-refractivity contribution is 7.21. The zero-order valence-electron chi connectivity index (χ0n) is 17.5. The summed E-state index contributed by atoms with van der Waals surface area (Å²) in [4.78, 5) is 11.4. The first-order valence-corrected chi connectivity index (χ1v) is 11.2. The Kier molecular flexibility index (Phi) is 5.36. The predicted molar refractivity (Wildman–Crippen MR) is 121 cm³/mol. The van der Waals surface area contributed by atoms with Gasteiger partial charge in [0.1, 0.15) is 10.6 Å². The molecule has 0 saturated carbocycles. The van der Waals surface area contributed by atoms with Gasteiger partial charge in [-0.1, -0.05) is 0 Å². The Hall–Kier alpha value is -3.66. The lowest BCUT2D eigenvalue weighted by Gasteiger charge is -2.17. The van der Waals surface area contributed by atoms with Crippen LogP contribution in [0.1, 0.15) is 24.1 Å². The SMILES string of the molecule is COc1ccc(-c2ccc3c(N)c(/C([O-])=N/c4c[n+](N5CCCCC5)no4)sc3n2)cc1. The number of aliphatic imine (C=N–C) groups is 1. The molecule has 0 unspecified atom stereocenters. The quantitative estimate of drug-likeness (QED) is 0.282. The molecule has 32 heavy (non-hydrogen) atoms. The Labute approximate surface area is 188 Å². The number of aromatic nitrogens is 3. The fraction of sp³-hybridized carbons (Fsp3) is 0.273. The minimum absolute atomic E-state index is 0.143. The van der Waals surface area contributed by atoms with Crippen LogP contribution >= 0.6 is 11.3 Å². The van der Waals surface area contributed by atoms with Gasteiger partial charge in [-0.05, 0) is 55.7 Å². The molecular formula is C22H22N6O3S. The van der Waals surface area contributed by atoms with E-state index in [-0.39, 0.29) is 5.88 Å². The predicted octanol–water partition coefficient (Wildman–Crippen LogP) is 2.39. The molecule has 0 atom stereocenters. The molecule has 5 rings (SSSR count). The van der Waals surface area contributed by atoms with E-state index in [9.17, 15) is 5.11 Å². The maximum Gasteiger partial charge on any atom is 0.324 e. The summed E-state index contributed by atoms with van der Waals surface area (Å²) < 4.78 is 10.4. The molecule has 2 N–H and O–H groups in total. The van der Waals surface area contributed by atoms with Gasteiger partial charge in [0.15, 0.2) is 0 Å². The molecule has 1 aromatic carbocycles. The molecule has 0 radical (unpaired) electrons. The van der Waals surface area contributed by atoms with Crippen molar-refractivity contribution in [2.75, 3.05) is 30.9 Å². The molecule has 4 aromatic rings. The van der Waals surface area contributed by atoms with Crippen molar-refractivity contribution < 1.29 is 19.2 Å². The van der Waals surface area contributed by atoms with Gasteiger partial charge < -0.3 is 15.6 Å². The lowest BCUT2D eigenvalue weighted by atomic mass is 10.1. The van der Waals surface area contributed by atoms with Gasteiger partial charge in [-0.2, -0.15) is 5.01 Å². The molecular weight excluding hydrogens is 428 g/mol. The van der Waals surface area contributed by atoms with E-state index in [4.69, 9.17) is 20.0 Å². The van der Waals surface area contributed by atoms with Crippen LogP contribution in [0.2, 0.25) is 0 Å². The monoisotopic (exact) mass is 450 g/mol. The fourth-order valence-corrected chi connectivity index (χ4v) is 4.70. The van der Waals surface area contributed by atoms with Crippen LogP contribution < -0.4 is 25.4 Å². The third kappa shape index (κ3) is 3.84. The number of ether oxygens (including phenoxy) is 1. The second kappa shape index (κ2) is 8.46. The first-order chi connectivity index (χ1) is 15.6. The average Bonchev–Trinajstić information content (AvgIpc) is 3.44. The maximum atomic E-state index is 12.8. The summed E-state index contributed by atoms with van der Waals surface area (Å²) in [6, 6.07) is 11.4. The van der Waals surface area contributed by atoms with Crippen LogP contribution in [-0.4, -0.2) is 36.4 Å². The number of fused-ring (bicyclic) bond motifs is 1. The molecule has 1 fully saturated rings. The van der Waals surface area contributed by atoms with Gasteiger partial charge in [0.2, 0.25) is 5.27 Å². The van der Waals surface area contributed by atoms with Crippen molar-refractivity contribution in [3.63, 3.8) is 0 Å². The van der Waals surface area contributed by atoms with Crippen molar-refractivity contribution in [2.24, 2.45) is 4.99 Å². The molecule has 1 aliphatic rings. The van der Waals surface area contributed by atoms with Crippen LogP contribution in [0.15, 0.2) is 52.1 Å². The Morgan fingerprint density at radius 2 is 1.97 bits per heavy atom. The molecule has 10 heteroatoms. The minimum Gasteiger partial charge on any atom is -0.857 e. The van der Waals surface area contributed by atoms with E-state index >= 15 is 0 Å². The summed E-state index contributed by atoms with van der Waals surface area (Å²) in [6.45, 7) is 1.80. The van der Waals surface area contributed by atoms with Gasteiger partial charge in [-0.3, -0.25) is 4.52 Å². The molecule has 9 nitrogen and oxygen atoms in total. The van der Waals surface area contributed by atoms with E-state index in [0.717, 1.165) is 48.3 Å². The Bertz CT molecular complexity index is 1270. The minimum atomic E-state index is -0.474. The number of hydrogen-bond acceptors (Lipinski definition) is 9. The maximum absolute atomic E-state index is 12.8. The molecule has 4 heterocycles. The van der Waals surface area contributed by atoms with Crippen LogP contribution in [0.25, 0.3) is 21.5 Å². The first-order valence-electron chi connectivity index (χ1n) is 10.4. The van der Waals surface area contributed by atoms with Gasteiger partial charge in [-0.15, -0.1) is 11.3 Å². The molecule has 0 spiro atoms. The van der Waals surface area contributed by atoms with Crippen LogP contribution in [0.3, 0.4) is 0 Å². The van der Waals surface area contributed by atoms with E-state index in [1.807, 2.05) is 36.4 Å². The first kappa shape index (κ1) is 20.3. The van der Waals surface area contributed by atoms with Crippen molar-refractivity contribution in [3.8, 4) is 17.0 Å². The third-order valence-electron chi connectivity index (χ3n) is 5.45. The van der Waals surface area contributed by atoms with E-state index in [1.54, 1.807) is 18.1 Å². The summed E-state index contributed by atoms with van der Waals surface area (Å²) in [6.07, 6.45) is 5.04. The van der Waals surface area contributed by atoms with Crippen LogP contribution in [0, 0.1) is 0 Å². The molecule has 0 aliphatic carbocycles. The van der Waals surface area contributed by atoms with Gasteiger partial charge in [0, 0.05) is 16.8 Å². The number of thiophene rings is 1. The largest absolute Gasteiger partial charge is 0.857 e. The number of nitrogens with two attached hydrogens (primary N) is 1. The summed E-state index contributed by atoms with van der Waals surface area (Å²) in [5.74, 6) is 0.446. The molecule has 0 bridgehead atoms. The van der Waals surface area contributed by atoms with Gasteiger partial charge in [-0.25, -0.2) is 9.98 Å². The third-order valence-corrected chi connectivity index (χ3v) is 6.55. The average molecular weight is 451 g/mol. The standard InChI is InChI=1S/C22H22N6O3S/c1-30-15-7-5-14(6-8-15)17-10-9-16-19(23)20(32-22(16)24-17)21(29)25-18-13-28(26-31-18)27-11-3-2-4-12-27/h5-10,13H,2-4,11-12H2,1H3,(H2-,23,25,26,29). The second-order valence-electron chi connectivity index (χ2n) is 7.51. The Morgan fingerprint density at radius 3 is 2.72 bits per heavy atom. The highest BCUT2D eigenvalue weighted by Gasteiger charge is 2.22. The second-order valence-corrected chi connectivity index (χ2v) is 8.51. The van der Waals surface area contributed by atoms with Crippen molar-refractivity contribution in [1.29, 1.82) is 0 Å². The Morgan fingerprint density at radius 1 is 1.19 bits per heavy atom. The zero-order chi connectivity index (χ0) is 22.1. The number of methoxy groups -OCH3 is 1. The van der Waals surface area contributed by atoms with Crippen LogP contribution in [0.4, 0.5) is 11.6 Å². The lowest BCUT2D eigenvalue weighted by Crippen LogP contribution is -2.60. The van der Waals surface area contributed by atoms with Crippen molar-refractivity contribution in [3.05, 3.63) is 47.5 Å². The smallest absolute Gasteiger partial charge is 0.324 e. The van der Waals surface area contributed by atoms with Gasteiger partial charge in [0.05, 0.1) is 41.2 Å². The highest BCUT2D eigenvalue weighted by Crippen LogP contribution is 2.34. The molecule has 1 aliphatic heterocycles. The normalized spacial score (nSPS) is 14.8. The number of benzene rings is 1. The van der Waals surface area contributed by atoms with E-state index in [1.165, 1.54) is 17.8 Å². The molecule has 3 aromatic heterocycles. The fourth-order valence-electron chi connectivity index (χ4n) is 3.72. The summed E-state index contributed by atoms with van der Waals surface area (Å²) in [7, 11) is 1.63. The molecule has 0 amide bonds. The number of piperidine rings is 1. The highest BCUT2D eigenvalue weighted by atomic mass is 32.1. The molecule has 1 saturated heterocycles. The topological polar surface area (TPSA) is 117 Å². The number of nitrogens with zero attached hydrogens (tertiary/aromatic N) is 5. The number of anilines is 1. The van der Waals surface area contributed by atoms with E-state index < -0.39 is 5.90 Å². The summed E-state index contributed by atoms with van der Waals surface area (Å²) in [5.41, 5.74) is 8.36. The van der Waals surface area contributed by atoms with Gasteiger partial charge >= 0.3 is 5.88 Å². The lowest BCUT2D eigenvalue weighted by molar-refractivity contribution is -0.759. The van der Waals surface area contributed by atoms with Crippen molar-refractivity contribution in [2.45, 2.75) is 19.3 Å². The number of hydrogen-bond donors (Lipinski definition) is 1. The summed E-state index contributed by atoms with van der Waals surface area (Å²) >= 11 is 1.22. The zero-order valence-corrected chi connectivity index (χ0v) is 18.3. The summed E-state index contributed by atoms with van der Waals surface area (Å²) in [5, 5.41) is 19.6. The van der Waals surface area contributed by atoms with Crippen molar-refractivity contribution in [1.82, 2.24) is 10.3 Å². The number of rotatable bonds is 5. The van der Waals surface area contributed by atoms with Crippen LogP contribution in [-0.2, 0) is 0 Å². The van der Waals surface area contributed by atoms with Crippen molar-refractivity contribution >= 4 is 39.0 Å². The van der Waals surface area contributed by atoms with E-state index in [0.29, 0.717) is 15.4 Å². The molecule has 164 valence electrons. The van der Waals surface area contributed by atoms with Gasteiger partial charge in [0.25, 0.3) is 6.20 Å². The van der Waals surface area contributed by atoms with E-state index in [2.05, 4.69) is 15.3 Å².